The molecule has 2 N–H and O–H groups in total. The van der Waals surface area contributed by atoms with Gasteiger partial charge in [-0.2, -0.15) is 4.98 Å². The monoisotopic (exact) mass is 501 g/mol. The van der Waals surface area contributed by atoms with E-state index in [1.165, 1.54) is 7.11 Å². The van der Waals surface area contributed by atoms with Gasteiger partial charge in [0.25, 0.3) is 0 Å². The van der Waals surface area contributed by atoms with Gasteiger partial charge in [-0.1, -0.05) is 0 Å². The van der Waals surface area contributed by atoms with Gasteiger partial charge in [0.15, 0.2) is 11.6 Å². The Balaban J connectivity index is 1.38. The van der Waals surface area contributed by atoms with E-state index in [1.807, 2.05) is 33.0 Å². The van der Waals surface area contributed by atoms with Crippen LogP contribution in [-0.4, -0.2) is 82.5 Å². The number of ether oxygens (including phenoxy) is 2. The van der Waals surface area contributed by atoms with E-state index in [0.29, 0.717) is 48.5 Å². The Hall–Kier alpha value is -3.15. The number of fused-ring (bicyclic) bond motifs is 4. The van der Waals surface area contributed by atoms with Crippen LogP contribution in [0.2, 0.25) is 0 Å². The van der Waals surface area contributed by atoms with Crippen LogP contribution in [-0.2, 0) is 22.0 Å². The Bertz CT molecular complexity index is 1170. The Kier molecular flexibility index (Phi) is 6.16. The summed E-state index contributed by atoms with van der Waals surface area (Å²) in [7, 11) is 0.169. The highest BCUT2D eigenvalue weighted by atomic mass is 32.2. The summed E-state index contributed by atoms with van der Waals surface area (Å²) in [5, 5.41) is 6.11. The highest BCUT2D eigenvalue weighted by Crippen LogP contribution is 2.36. The first-order valence-corrected chi connectivity index (χ1v) is 13.1. The molecule has 11 nitrogen and oxygen atoms in total. The summed E-state index contributed by atoms with van der Waals surface area (Å²) in [4.78, 5) is 31.0. The number of piperazine rings is 1. The fourth-order valence-electron chi connectivity index (χ4n) is 4.64. The minimum absolute atomic E-state index is 0.134. The van der Waals surface area contributed by atoms with Crippen LogP contribution in [0, 0.1) is 6.92 Å². The van der Waals surface area contributed by atoms with Gasteiger partial charge in [0.1, 0.15) is 17.3 Å². The summed E-state index contributed by atoms with van der Waals surface area (Å²) < 4.78 is 23.5. The van der Waals surface area contributed by atoms with Crippen LogP contribution in [0.15, 0.2) is 17.2 Å². The average molecular weight is 502 g/mol. The van der Waals surface area contributed by atoms with Gasteiger partial charge in [0.2, 0.25) is 5.95 Å². The zero-order chi connectivity index (χ0) is 24.7. The second-order valence-electron chi connectivity index (χ2n) is 9.74. The second kappa shape index (κ2) is 9.14. The van der Waals surface area contributed by atoms with Gasteiger partial charge < -0.3 is 29.9 Å². The van der Waals surface area contributed by atoms with E-state index in [4.69, 9.17) is 14.7 Å². The molecular weight excluding hydrogens is 470 g/mol. The van der Waals surface area contributed by atoms with Crippen molar-refractivity contribution >= 4 is 34.5 Å². The number of nitrogens with zero attached hydrogens (tertiary/aromatic N) is 5. The van der Waals surface area contributed by atoms with Crippen LogP contribution in [0.25, 0.3) is 0 Å². The van der Waals surface area contributed by atoms with Gasteiger partial charge in [-0.25, -0.2) is 14.8 Å². The fourth-order valence-corrected chi connectivity index (χ4v) is 5.95. The molecule has 0 radical (unpaired) electrons. The van der Waals surface area contributed by atoms with Crippen molar-refractivity contribution in [2.75, 3.05) is 60.8 Å². The molecule has 0 bridgehead atoms. The Morgan fingerprint density at radius 2 is 2.17 bits per heavy atom. The van der Waals surface area contributed by atoms with E-state index in [9.17, 15) is 9.00 Å². The Morgan fingerprint density at radius 3 is 2.97 bits per heavy atom. The SMILES string of the molecule is COC(=O)NCC(C)(C)Nc1nc(N2CCN3c4ncc(C)cc4OC[C@@H]3C2)nc2c1[S@](=O)CC2. The number of nitrogens with one attached hydrogen (secondary N) is 2. The summed E-state index contributed by atoms with van der Waals surface area (Å²) in [6.45, 7) is 8.99. The number of anilines is 3. The largest absolute Gasteiger partial charge is 0.487 e. The number of hydrogen-bond acceptors (Lipinski definition) is 10. The summed E-state index contributed by atoms with van der Waals surface area (Å²) >= 11 is 0. The summed E-state index contributed by atoms with van der Waals surface area (Å²) in [5.41, 5.74) is 1.34. The van der Waals surface area contributed by atoms with E-state index in [0.717, 1.165) is 35.9 Å². The fraction of sp³-hybridized carbons (Fsp3) is 0.565. The summed E-state index contributed by atoms with van der Waals surface area (Å²) in [6.07, 6.45) is 2.02. The minimum Gasteiger partial charge on any atom is -0.487 e. The Morgan fingerprint density at radius 1 is 1.34 bits per heavy atom. The van der Waals surface area contributed by atoms with E-state index in [1.54, 1.807) is 0 Å². The smallest absolute Gasteiger partial charge is 0.406 e. The molecule has 12 heteroatoms. The van der Waals surface area contributed by atoms with Crippen molar-refractivity contribution in [2.24, 2.45) is 0 Å². The molecule has 0 aliphatic carbocycles. The van der Waals surface area contributed by atoms with Crippen LogP contribution < -0.4 is 25.2 Å². The van der Waals surface area contributed by atoms with E-state index in [-0.39, 0.29) is 6.04 Å². The predicted octanol–water partition coefficient (Wildman–Crippen LogP) is 1.48. The van der Waals surface area contributed by atoms with Gasteiger partial charge in [0.05, 0.1) is 35.2 Å². The van der Waals surface area contributed by atoms with Crippen molar-refractivity contribution in [3.63, 3.8) is 0 Å². The van der Waals surface area contributed by atoms with Crippen molar-refractivity contribution in [3.8, 4) is 5.75 Å². The molecule has 35 heavy (non-hydrogen) atoms. The van der Waals surface area contributed by atoms with Gasteiger partial charge in [-0.15, -0.1) is 0 Å². The van der Waals surface area contributed by atoms with Crippen molar-refractivity contribution < 1.29 is 18.5 Å². The third kappa shape index (κ3) is 4.71. The highest BCUT2D eigenvalue weighted by molar-refractivity contribution is 7.85. The van der Waals surface area contributed by atoms with Crippen LogP contribution in [0.4, 0.5) is 22.4 Å². The van der Waals surface area contributed by atoms with Gasteiger partial charge >= 0.3 is 6.09 Å². The molecule has 0 spiro atoms. The first-order chi connectivity index (χ1) is 16.7. The minimum atomic E-state index is -1.16. The normalized spacial score (nSPS) is 20.9. The lowest BCUT2D eigenvalue weighted by Gasteiger charge is -2.44. The second-order valence-corrected chi connectivity index (χ2v) is 11.2. The lowest BCUT2D eigenvalue weighted by atomic mass is 10.1. The van der Waals surface area contributed by atoms with E-state index < -0.39 is 22.4 Å². The molecule has 0 unspecified atom stereocenters. The van der Waals surface area contributed by atoms with Crippen LogP contribution in [0.1, 0.15) is 25.1 Å². The van der Waals surface area contributed by atoms with Crippen molar-refractivity contribution in [1.82, 2.24) is 20.3 Å². The molecule has 1 amide bonds. The van der Waals surface area contributed by atoms with Crippen LogP contribution in [0.3, 0.4) is 0 Å². The maximum absolute atomic E-state index is 12.8. The summed E-state index contributed by atoms with van der Waals surface area (Å²) in [5.74, 6) is 3.43. The zero-order valence-electron chi connectivity index (χ0n) is 20.5. The molecule has 2 atom stereocenters. The number of carbonyl (C=O) groups is 1. The predicted molar refractivity (Wildman–Crippen MR) is 133 cm³/mol. The Labute approximate surface area is 207 Å². The lowest BCUT2D eigenvalue weighted by molar-refractivity contribution is 0.169. The molecule has 188 valence electrons. The van der Waals surface area contributed by atoms with Gasteiger partial charge in [-0.3, -0.25) is 4.21 Å². The van der Waals surface area contributed by atoms with E-state index in [2.05, 4.69) is 30.2 Å². The molecule has 2 aromatic rings. The molecule has 5 rings (SSSR count). The molecule has 0 saturated carbocycles. The van der Waals surface area contributed by atoms with Crippen molar-refractivity contribution in [1.29, 1.82) is 0 Å². The molecular formula is C23H31N7O4S. The first-order valence-electron chi connectivity index (χ1n) is 11.7. The highest BCUT2D eigenvalue weighted by Gasteiger charge is 2.36. The topological polar surface area (TPSA) is 122 Å². The molecule has 0 aromatic carbocycles. The van der Waals surface area contributed by atoms with Crippen LogP contribution >= 0.6 is 0 Å². The van der Waals surface area contributed by atoms with E-state index >= 15 is 0 Å². The number of methoxy groups -OCH3 is 1. The molecule has 3 aliphatic rings. The number of aromatic nitrogens is 3. The van der Waals surface area contributed by atoms with Gasteiger partial charge in [0, 0.05) is 44.5 Å². The molecule has 2 aromatic heterocycles. The third-order valence-electron chi connectivity index (χ3n) is 6.43. The maximum Gasteiger partial charge on any atom is 0.406 e. The third-order valence-corrected chi connectivity index (χ3v) is 7.89. The summed E-state index contributed by atoms with van der Waals surface area (Å²) in [6, 6.07) is 2.17. The number of carbonyl (C=O) groups excluding carboxylic acids is 1. The number of aryl methyl sites for hydroxylation is 2. The molecule has 3 aliphatic heterocycles. The standard InChI is InChI=1S/C23H31N7O4S/c1-14-9-17-20(24-10-14)30-7-6-29(11-15(30)12-34-17)21-26-16-5-8-35(32)18(16)19(27-21)28-23(2,3)13-25-22(31)33-4/h9-10,15H,5-8,11-13H2,1-4H3,(H,25,31)(H,26,27,28)/t15-,35+/m0/s1. The number of hydrogen-bond donors (Lipinski definition) is 2. The number of pyridine rings is 1. The zero-order valence-corrected chi connectivity index (χ0v) is 21.3. The molecule has 1 saturated heterocycles. The number of amides is 1. The first kappa shape index (κ1) is 23.6. The molecule has 1 fully saturated rings. The van der Waals surface area contributed by atoms with Gasteiger partial charge in [-0.05, 0) is 32.4 Å². The van der Waals surface area contributed by atoms with Crippen molar-refractivity contribution in [3.05, 3.63) is 23.5 Å². The maximum atomic E-state index is 12.8. The lowest BCUT2D eigenvalue weighted by Crippen LogP contribution is -2.58. The molecule has 5 heterocycles. The van der Waals surface area contributed by atoms with Crippen molar-refractivity contribution in [2.45, 2.75) is 43.7 Å². The number of rotatable bonds is 5. The number of alkyl carbamates (subject to hydrolysis) is 1. The van der Waals surface area contributed by atoms with Crippen LogP contribution in [0.5, 0.6) is 5.75 Å². The average Bonchev–Trinajstić information content (AvgIpc) is 3.22. The quantitative estimate of drug-likeness (QED) is 0.623.